The lowest BCUT2D eigenvalue weighted by Gasteiger charge is -2.18. The molecule has 0 heterocycles. The highest BCUT2D eigenvalue weighted by Gasteiger charge is 2.14. The minimum Gasteiger partial charge on any atom is -0.494 e. The van der Waals surface area contributed by atoms with Crippen molar-refractivity contribution in [2.45, 2.75) is 33.7 Å². The van der Waals surface area contributed by atoms with Crippen molar-refractivity contribution >= 4 is 12.1 Å². The summed E-state index contributed by atoms with van der Waals surface area (Å²) < 4.78 is 5.66. The third-order valence-electron chi connectivity index (χ3n) is 3.95. The van der Waals surface area contributed by atoms with Gasteiger partial charge in [-0.25, -0.2) is 4.79 Å². The Morgan fingerprint density at radius 3 is 2.68 bits per heavy atom. The molecule has 0 saturated heterocycles. The number of ether oxygens (including phenoxy) is 1. The highest BCUT2D eigenvalue weighted by Crippen LogP contribution is 2.26. The Bertz CT molecular complexity index is 753. The van der Waals surface area contributed by atoms with E-state index in [9.17, 15) is 4.79 Å². The Kier molecular flexibility index (Phi) is 6.63. The van der Waals surface area contributed by atoms with Crippen LogP contribution in [0.15, 0.2) is 48.7 Å². The van der Waals surface area contributed by atoms with Crippen molar-refractivity contribution < 1.29 is 9.53 Å². The van der Waals surface area contributed by atoms with E-state index < -0.39 is 0 Å². The fraction of sp³-hybridized carbons (Fsp3) is 0.286. The molecule has 1 atom stereocenters. The molecule has 0 saturated carbocycles. The van der Waals surface area contributed by atoms with Crippen molar-refractivity contribution in [3.05, 3.63) is 70.9 Å². The fourth-order valence-corrected chi connectivity index (χ4v) is 2.59. The molecular weight excluding hydrogens is 312 g/mol. The topological polar surface area (TPSA) is 50.4 Å². The summed E-state index contributed by atoms with van der Waals surface area (Å²) in [5.41, 5.74) is 4.34. The van der Waals surface area contributed by atoms with Crippen LogP contribution in [-0.4, -0.2) is 12.6 Å². The van der Waals surface area contributed by atoms with Crippen LogP contribution < -0.4 is 15.4 Å². The van der Waals surface area contributed by atoms with Crippen LogP contribution in [0.3, 0.4) is 0 Å². The van der Waals surface area contributed by atoms with Gasteiger partial charge in [-0.05, 0) is 51.0 Å². The van der Waals surface area contributed by atoms with Gasteiger partial charge >= 0.3 is 6.03 Å². The summed E-state index contributed by atoms with van der Waals surface area (Å²) in [5, 5.41) is 5.70. The molecule has 2 aromatic carbocycles. The first kappa shape index (κ1) is 18.6. The highest BCUT2D eigenvalue weighted by atomic mass is 16.5. The summed E-state index contributed by atoms with van der Waals surface area (Å²) in [6, 6.07) is 13.6. The summed E-state index contributed by atoms with van der Waals surface area (Å²) in [5.74, 6) is 0.802. The normalized spacial score (nSPS) is 12.0. The monoisotopic (exact) mass is 338 g/mol. The number of amides is 2. The van der Waals surface area contributed by atoms with Gasteiger partial charge in [0.25, 0.3) is 0 Å². The quantitative estimate of drug-likeness (QED) is 0.800. The molecule has 1 unspecified atom stereocenters. The van der Waals surface area contributed by atoms with Crippen LogP contribution in [0, 0.1) is 13.8 Å². The zero-order valence-electron chi connectivity index (χ0n) is 15.3. The zero-order chi connectivity index (χ0) is 18.2. The molecule has 0 fully saturated rings. The largest absolute Gasteiger partial charge is 0.494 e. The van der Waals surface area contributed by atoms with Crippen molar-refractivity contribution in [3.63, 3.8) is 0 Å². The molecule has 2 aromatic rings. The number of nitrogens with one attached hydrogen (secondary N) is 2. The second-order valence-electron chi connectivity index (χ2n) is 6.00. The Hall–Kier alpha value is -2.75. The molecule has 0 aliphatic rings. The third kappa shape index (κ3) is 5.38. The van der Waals surface area contributed by atoms with Gasteiger partial charge in [-0.1, -0.05) is 42.0 Å². The Morgan fingerprint density at radius 1 is 1.20 bits per heavy atom. The van der Waals surface area contributed by atoms with E-state index in [1.807, 2.05) is 76.2 Å². The van der Waals surface area contributed by atoms with E-state index in [1.165, 1.54) is 0 Å². The van der Waals surface area contributed by atoms with Crippen LogP contribution in [0.4, 0.5) is 4.79 Å². The van der Waals surface area contributed by atoms with Crippen molar-refractivity contribution in [2.24, 2.45) is 0 Å². The molecule has 4 heteroatoms. The number of urea groups is 1. The number of rotatable bonds is 6. The van der Waals surface area contributed by atoms with Gasteiger partial charge in [0, 0.05) is 11.8 Å². The molecular formula is C21H26N2O2. The van der Waals surface area contributed by atoms with Gasteiger partial charge in [0.2, 0.25) is 0 Å². The number of hydrogen-bond donors (Lipinski definition) is 2. The van der Waals surface area contributed by atoms with Gasteiger partial charge in [-0.2, -0.15) is 0 Å². The first-order valence-corrected chi connectivity index (χ1v) is 8.53. The molecule has 4 nitrogen and oxygen atoms in total. The molecule has 0 aliphatic carbocycles. The van der Waals surface area contributed by atoms with E-state index >= 15 is 0 Å². The minimum atomic E-state index is -0.249. The first-order valence-electron chi connectivity index (χ1n) is 8.53. The number of aryl methyl sites for hydroxylation is 2. The summed E-state index contributed by atoms with van der Waals surface area (Å²) in [4.78, 5) is 12.1. The molecule has 132 valence electrons. The van der Waals surface area contributed by atoms with E-state index in [1.54, 1.807) is 6.20 Å². The zero-order valence-corrected chi connectivity index (χ0v) is 15.3. The maximum Gasteiger partial charge on any atom is 0.319 e. The van der Waals surface area contributed by atoms with Crippen molar-refractivity contribution in [3.8, 4) is 5.75 Å². The third-order valence-corrected chi connectivity index (χ3v) is 3.95. The lowest BCUT2D eigenvalue weighted by Crippen LogP contribution is -2.34. The number of benzene rings is 2. The maximum atomic E-state index is 12.1. The average molecular weight is 338 g/mol. The summed E-state index contributed by atoms with van der Waals surface area (Å²) in [7, 11) is 0. The number of carbonyl (C=O) groups is 1. The maximum absolute atomic E-state index is 12.1. The first-order chi connectivity index (χ1) is 12.0. The van der Waals surface area contributed by atoms with Crippen molar-refractivity contribution in [1.82, 2.24) is 10.6 Å². The van der Waals surface area contributed by atoms with E-state index in [2.05, 4.69) is 10.6 Å². The van der Waals surface area contributed by atoms with Crippen molar-refractivity contribution in [2.75, 3.05) is 6.61 Å². The second-order valence-corrected chi connectivity index (χ2v) is 6.00. The Labute approximate surface area is 149 Å². The number of carbonyl (C=O) groups excluding carboxylic acids is 1. The van der Waals surface area contributed by atoms with E-state index in [-0.39, 0.29) is 12.1 Å². The van der Waals surface area contributed by atoms with Crippen LogP contribution in [0.1, 0.15) is 42.1 Å². The van der Waals surface area contributed by atoms with Gasteiger partial charge in [-0.3, -0.25) is 0 Å². The SMILES string of the molecule is CCOc1ccc(C)cc1C(C)NC(=O)N/C=C/c1ccccc1C. The van der Waals surface area contributed by atoms with Gasteiger partial charge in [0.15, 0.2) is 0 Å². The van der Waals surface area contributed by atoms with Gasteiger partial charge in [0.05, 0.1) is 12.6 Å². The van der Waals surface area contributed by atoms with Gasteiger partial charge < -0.3 is 15.4 Å². The van der Waals surface area contributed by atoms with Crippen LogP contribution in [-0.2, 0) is 0 Å². The second kappa shape index (κ2) is 8.92. The van der Waals surface area contributed by atoms with Crippen LogP contribution in [0.5, 0.6) is 5.75 Å². The molecule has 2 rings (SSSR count). The molecule has 25 heavy (non-hydrogen) atoms. The predicted molar refractivity (Wildman–Crippen MR) is 103 cm³/mol. The fourth-order valence-electron chi connectivity index (χ4n) is 2.59. The van der Waals surface area contributed by atoms with E-state index in [0.29, 0.717) is 6.61 Å². The molecule has 0 spiro atoms. The van der Waals surface area contributed by atoms with E-state index in [0.717, 1.165) is 28.0 Å². The van der Waals surface area contributed by atoms with Crippen molar-refractivity contribution in [1.29, 1.82) is 0 Å². The van der Waals surface area contributed by atoms with Crippen LogP contribution >= 0.6 is 0 Å². The smallest absolute Gasteiger partial charge is 0.319 e. The Balaban J connectivity index is 1.98. The van der Waals surface area contributed by atoms with Gasteiger partial charge in [0.1, 0.15) is 5.75 Å². The molecule has 2 amide bonds. The lowest BCUT2D eigenvalue weighted by molar-refractivity contribution is 0.241. The Morgan fingerprint density at radius 2 is 1.96 bits per heavy atom. The van der Waals surface area contributed by atoms with Gasteiger partial charge in [-0.15, -0.1) is 0 Å². The molecule has 2 N–H and O–H groups in total. The standard InChI is InChI=1S/C21H26N2O2/c1-5-25-20-11-10-15(2)14-19(20)17(4)23-21(24)22-13-12-18-9-7-6-8-16(18)3/h6-14,17H,5H2,1-4H3,(H2,22,23,24)/b13-12+. The number of hydrogen-bond acceptors (Lipinski definition) is 2. The predicted octanol–water partition coefficient (Wildman–Crippen LogP) is 4.73. The molecule has 0 aliphatic heterocycles. The van der Waals surface area contributed by atoms with Crippen LogP contribution in [0.25, 0.3) is 6.08 Å². The molecule has 0 aromatic heterocycles. The molecule has 0 radical (unpaired) electrons. The lowest BCUT2D eigenvalue weighted by atomic mass is 10.0. The summed E-state index contributed by atoms with van der Waals surface area (Å²) in [6.07, 6.45) is 3.54. The van der Waals surface area contributed by atoms with Crippen LogP contribution in [0.2, 0.25) is 0 Å². The van der Waals surface area contributed by atoms with E-state index in [4.69, 9.17) is 4.74 Å². The minimum absolute atomic E-state index is 0.159. The molecule has 0 bridgehead atoms. The highest BCUT2D eigenvalue weighted by molar-refractivity contribution is 5.76. The average Bonchev–Trinajstić information content (AvgIpc) is 2.58. The summed E-state index contributed by atoms with van der Waals surface area (Å²) >= 11 is 0. The summed E-state index contributed by atoms with van der Waals surface area (Å²) in [6.45, 7) is 8.55.